The molecule has 1 fully saturated rings. The Labute approximate surface area is 141 Å². The van der Waals surface area contributed by atoms with E-state index >= 15 is 0 Å². The number of nitrogens with zero attached hydrogens (tertiary/aromatic N) is 2. The normalized spacial score (nSPS) is 18.3. The van der Waals surface area contributed by atoms with E-state index in [1.165, 1.54) is 24.6 Å². The third kappa shape index (κ3) is 3.21. The fraction of sp³-hybridized carbons (Fsp3) is 0.125. The highest BCUT2D eigenvalue weighted by Gasteiger charge is 2.40. The van der Waals surface area contributed by atoms with Gasteiger partial charge >= 0.3 is 6.03 Å². The number of hydrogen-bond acceptors (Lipinski definition) is 5. The number of urea groups is 1. The second-order valence-electron chi connectivity index (χ2n) is 4.99. The predicted molar refractivity (Wildman–Crippen MR) is 86.9 cm³/mol. The van der Waals surface area contributed by atoms with Crippen LogP contribution in [0, 0.1) is 5.92 Å². The molecule has 0 aliphatic carbocycles. The summed E-state index contributed by atoms with van der Waals surface area (Å²) in [6, 6.07) is 8.78. The maximum absolute atomic E-state index is 12.5. The van der Waals surface area contributed by atoms with E-state index in [2.05, 4.69) is 10.3 Å². The number of furan rings is 1. The number of halogens is 1. The molecule has 7 nitrogen and oxygen atoms in total. The van der Waals surface area contributed by atoms with Gasteiger partial charge in [-0.25, -0.2) is 9.69 Å². The molecule has 2 heterocycles. The summed E-state index contributed by atoms with van der Waals surface area (Å²) in [6.07, 6.45) is 2.72. The Hall–Kier alpha value is -2.93. The van der Waals surface area contributed by atoms with Gasteiger partial charge < -0.3 is 4.42 Å². The number of carbonyl (C=O) groups excluding carboxylic acids is 3. The molecule has 1 aliphatic heterocycles. The number of aliphatic imine (C=N–C) groups is 1. The average molecular weight is 346 g/mol. The second kappa shape index (κ2) is 6.67. The van der Waals surface area contributed by atoms with Crippen LogP contribution in [0.1, 0.15) is 5.76 Å². The predicted octanol–water partition coefficient (Wildman–Crippen LogP) is 2.40. The van der Waals surface area contributed by atoms with E-state index in [-0.39, 0.29) is 6.54 Å². The number of carbonyl (C=O) groups is 3. The molecular formula is C16H12ClN3O4. The van der Waals surface area contributed by atoms with E-state index in [0.717, 1.165) is 4.90 Å². The largest absolute Gasteiger partial charge is 0.467 e. The topological polar surface area (TPSA) is 92.0 Å². The molecule has 1 aromatic carbocycles. The van der Waals surface area contributed by atoms with Crippen LogP contribution in [0.3, 0.4) is 0 Å². The standard InChI is InChI=1S/C16H12ClN3O4/c17-10-3-5-11(6-4-10)20-15(22)13(14(21)19-16(20)23)9-18-8-12-2-1-7-24-12/h1-7,9,13H,8H2,(H,19,21,23)/t13-/m1/s1. The minimum Gasteiger partial charge on any atom is -0.467 e. The monoisotopic (exact) mass is 345 g/mol. The summed E-state index contributed by atoms with van der Waals surface area (Å²) in [5.74, 6) is -1.97. The molecular weight excluding hydrogens is 334 g/mol. The van der Waals surface area contributed by atoms with Crippen molar-refractivity contribution in [1.82, 2.24) is 5.32 Å². The van der Waals surface area contributed by atoms with E-state index < -0.39 is 23.8 Å². The highest BCUT2D eigenvalue weighted by molar-refractivity contribution is 6.33. The molecule has 0 saturated carbocycles. The molecule has 122 valence electrons. The van der Waals surface area contributed by atoms with Crippen LogP contribution in [0.5, 0.6) is 0 Å². The average Bonchev–Trinajstić information content (AvgIpc) is 3.05. The van der Waals surface area contributed by atoms with Gasteiger partial charge in [0.2, 0.25) is 5.91 Å². The summed E-state index contributed by atoms with van der Waals surface area (Å²) in [4.78, 5) is 41.4. The molecule has 1 saturated heterocycles. The first kappa shape index (κ1) is 15.9. The van der Waals surface area contributed by atoms with Gasteiger partial charge in [0.15, 0.2) is 5.92 Å². The molecule has 1 aliphatic rings. The van der Waals surface area contributed by atoms with Crippen LogP contribution in [-0.4, -0.2) is 24.1 Å². The van der Waals surface area contributed by atoms with Crippen LogP contribution in [0.2, 0.25) is 5.02 Å². The Morgan fingerprint density at radius 2 is 1.96 bits per heavy atom. The molecule has 3 rings (SSSR count). The highest BCUT2D eigenvalue weighted by Crippen LogP contribution is 2.22. The third-order valence-electron chi connectivity index (χ3n) is 3.37. The summed E-state index contributed by atoms with van der Waals surface area (Å²) >= 11 is 5.80. The van der Waals surface area contributed by atoms with E-state index in [9.17, 15) is 14.4 Å². The van der Waals surface area contributed by atoms with Gasteiger partial charge in [-0.1, -0.05) is 11.6 Å². The van der Waals surface area contributed by atoms with Crippen molar-refractivity contribution in [3.8, 4) is 0 Å². The zero-order valence-corrected chi connectivity index (χ0v) is 13.1. The van der Waals surface area contributed by atoms with Gasteiger partial charge in [0.25, 0.3) is 5.91 Å². The lowest BCUT2D eigenvalue weighted by Gasteiger charge is -2.28. The molecule has 0 spiro atoms. The van der Waals surface area contributed by atoms with Gasteiger partial charge in [0.05, 0.1) is 18.5 Å². The number of anilines is 1. The fourth-order valence-electron chi connectivity index (χ4n) is 2.21. The zero-order chi connectivity index (χ0) is 17.1. The van der Waals surface area contributed by atoms with Gasteiger partial charge in [-0.3, -0.25) is 19.9 Å². The number of barbiturate groups is 1. The summed E-state index contributed by atoms with van der Waals surface area (Å²) in [5, 5.41) is 2.61. The minimum absolute atomic E-state index is 0.193. The number of rotatable bonds is 4. The van der Waals surface area contributed by atoms with Crippen molar-refractivity contribution in [3.63, 3.8) is 0 Å². The number of amides is 4. The van der Waals surface area contributed by atoms with Gasteiger partial charge in [-0.15, -0.1) is 0 Å². The lowest BCUT2D eigenvalue weighted by atomic mass is 10.1. The third-order valence-corrected chi connectivity index (χ3v) is 3.62. The number of imide groups is 2. The fourth-order valence-corrected chi connectivity index (χ4v) is 2.33. The van der Waals surface area contributed by atoms with Crippen LogP contribution in [0.25, 0.3) is 0 Å². The molecule has 24 heavy (non-hydrogen) atoms. The van der Waals surface area contributed by atoms with Crippen molar-refractivity contribution in [2.75, 3.05) is 4.90 Å². The van der Waals surface area contributed by atoms with E-state index in [1.54, 1.807) is 24.3 Å². The summed E-state index contributed by atoms with van der Waals surface area (Å²) in [5.41, 5.74) is 0.318. The van der Waals surface area contributed by atoms with Crippen molar-refractivity contribution >= 4 is 41.3 Å². The van der Waals surface area contributed by atoms with Gasteiger partial charge in [-0.05, 0) is 36.4 Å². The smallest absolute Gasteiger partial charge is 0.335 e. The number of nitrogens with one attached hydrogen (secondary N) is 1. The summed E-state index contributed by atoms with van der Waals surface area (Å²) in [7, 11) is 0. The van der Waals surface area contributed by atoms with Crippen LogP contribution in [0.15, 0.2) is 52.1 Å². The van der Waals surface area contributed by atoms with Crippen LogP contribution >= 0.6 is 11.6 Å². The van der Waals surface area contributed by atoms with Crippen LogP contribution in [-0.2, 0) is 16.1 Å². The van der Waals surface area contributed by atoms with Crippen LogP contribution in [0.4, 0.5) is 10.5 Å². The number of benzene rings is 1. The molecule has 4 amide bonds. The Morgan fingerprint density at radius 3 is 2.62 bits per heavy atom. The lowest BCUT2D eigenvalue weighted by molar-refractivity contribution is -0.131. The van der Waals surface area contributed by atoms with Crippen molar-refractivity contribution in [1.29, 1.82) is 0 Å². The first-order valence-electron chi connectivity index (χ1n) is 7.03. The molecule has 2 aromatic rings. The van der Waals surface area contributed by atoms with E-state index in [1.807, 2.05) is 0 Å². The first-order chi connectivity index (χ1) is 11.6. The Bertz CT molecular complexity index is 799. The van der Waals surface area contributed by atoms with Crippen molar-refractivity contribution in [2.24, 2.45) is 10.9 Å². The van der Waals surface area contributed by atoms with Crippen molar-refractivity contribution < 1.29 is 18.8 Å². The molecule has 0 bridgehead atoms. The maximum atomic E-state index is 12.5. The molecule has 1 N–H and O–H groups in total. The van der Waals surface area contributed by atoms with Crippen molar-refractivity contribution in [3.05, 3.63) is 53.4 Å². The van der Waals surface area contributed by atoms with Crippen LogP contribution < -0.4 is 10.2 Å². The Morgan fingerprint density at radius 1 is 1.21 bits per heavy atom. The molecule has 0 radical (unpaired) electrons. The van der Waals surface area contributed by atoms with Gasteiger partial charge in [0, 0.05) is 11.2 Å². The highest BCUT2D eigenvalue weighted by atomic mass is 35.5. The number of hydrogen-bond donors (Lipinski definition) is 1. The molecule has 8 heteroatoms. The lowest BCUT2D eigenvalue weighted by Crippen LogP contribution is -2.58. The Balaban J connectivity index is 1.80. The molecule has 0 unspecified atom stereocenters. The van der Waals surface area contributed by atoms with Gasteiger partial charge in [0.1, 0.15) is 5.76 Å². The molecule has 1 aromatic heterocycles. The SMILES string of the molecule is O=C1NC(=O)N(c2ccc(Cl)cc2)C(=O)[C@@H]1C=NCc1ccco1. The first-order valence-corrected chi connectivity index (χ1v) is 7.41. The second-order valence-corrected chi connectivity index (χ2v) is 5.43. The summed E-state index contributed by atoms with van der Waals surface area (Å²) < 4.78 is 5.12. The van der Waals surface area contributed by atoms with E-state index in [0.29, 0.717) is 16.5 Å². The Kier molecular flexibility index (Phi) is 4.43. The van der Waals surface area contributed by atoms with Gasteiger partial charge in [-0.2, -0.15) is 0 Å². The summed E-state index contributed by atoms with van der Waals surface area (Å²) in [6.45, 7) is 0.193. The van der Waals surface area contributed by atoms with Crippen molar-refractivity contribution in [2.45, 2.75) is 6.54 Å². The minimum atomic E-state index is -1.19. The van der Waals surface area contributed by atoms with E-state index in [4.69, 9.17) is 16.0 Å². The maximum Gasteiger partial charge on any atom is 0.335 e. The molecule has 1 atom stereocenters. The quantitative estimate of drug-likeness (QED) is 0.680. The zero-order valence-electron chi connectivity index (χ0n) is 12.3.